The van der Waals surface area contributed by atoms with E-state index in [4.69, 9.17) is 16.0 Å². The number of hydrogen-bond donors (Lipinski definition) is 1. The third-order valence-corrected chi connectivity index (χ3v) is 5.30. The third kappa shape index (κ3) is 4.42. The van der Waals surface area contributed by atoms with E-state index in [9.17, 15) is 4.79 Å². The molecule has 0 atom stereocenters. The van der Waals surface area contributed by atoms with Gasteiger partial charge in [-0.2, -0.15) is 0 Å². The number of carbonyl (C=O) groups is 1. The molecule has 128 valence electrons. The Labute approximate surface area is 162 Å². The Kier molecular flexibility index (Phi) is 5.78. The Morgan fingerprint density at radius 3 is 2.84 bits per heavy atom. The Morgan fingerprint density at radius 2 is 2.04 bits per heavy atom. The highest BCUT2D eigenvalue weighted by Gasteiger charge is 2.13. The van der Waals surface area contributed by atoms with Gasteiger partial charge >= 0.3 is 0 Å². The predicted molar refractivity (Wildman–Crippen MR) is 103 cm³/mol. The molecule has 0 unspecified atom stereocenters. The summed E-state index contributed by atoms with van der Waals surface area (Å²) in [5, 5.41) is 11.8. The van der Waals surface area contributed by atoms with Crippen LogP contribution in [0.5, 0.6) is 0 Å². The van der Waals surface area contributed by atoms with Crippen molar-refractivity contribution in [2.75, 3.05) is 11.1 Å². The molecule has 0 aliphatic carbocycles. The predicted octanol–water partition coefficient (Wildman–Crippen LogP) is 5.19. The van der Waals surface area contributed by atoms with Crippen molar-refractivity contribution in [3.63, 3.8) is 0 Å². The van der Waals surface area contributed by atoms with Crippen molar-refractivity contribution >= 4 is 50.9 Å². The maximum Gasteiger partial charge on any atom is 0.277 e. The van der Waals surface area contributed by atoms with E-state index in [-0.39, 0.29) is 11.7 Å². The summed E-state index contributed by atoms with van der Waals surface area (Å²) in [6.45, 7) is 1.85. The lowest BCUT2D eigenvalue weighted by molar-refractivity contribution is -0.113. The number of thioether (sulfide) groups is 1. The van der Waals surface area contributed by atoms with Gasteiger partial charge in [0.2, 0.25) is 11.8 Å². The summed E-state index contributed by atoms with van der Waals surface area (Å²) in [6, 6.07) is 12.9. The molecule has 1 heterocycles. The number of aromatic nitrogens is 2. The molecule has 0 saturated carbocycles. The SMILES string of the molecule is Cc1c(Cl)cccc1NC(=O)CSc1nnc(-c2ccccc2Br)o1. The molecule has 0 spiro atoms. The Bertz CT molecular complexity index is 916. The Morgan fingerprint density at radius 1 is 1.24 bits per heavy atom. The number of halogens is 2. The van der Waals surface area contributed by atoms with E-state index in [2.05, 4.69) is 31.4 Å². The standard InChI is InChI=1S/C17H13BrClN3O2S/c1-10-13(19)7-4-8-14(10)20-15(23)9-25-17-22-21-16(24-17)11-5-2-3-6-12(11)18/h2-8H,9H2,1H3,(H,20,23). The summed E-state index contributed by atoms with van der Waals surface area (Å²) < 4.78 is 6.47. The van der Waals surface area contributed by atoms with Gasteiger partial charge in [-0.05, 0) is 52.7 Å². The lowest BCUT2D eigenvalue weighted by atomic mass is 10.2. The topological polar surface area (TPSA) is 68.0 Å². The van der Waals surface area contributed by atoms with E-state index < -0.39 is 0 Å². The normalized spacial score (nSPS) is 10.7. The van der Waals surface area contributed by atoms with Crippen LogP contribution in [0.3, 0.4) is 0 Å². The van der Waals surface area contributed by atoms with Crippen LogP contribution in [0.1, 0.15) is 5.56 Å². The minimum atomic E-state index is -0.170. The molecule has 0 radical (unpaired) electrons. The highest BCUT2D eigenvalue weighted by Crippen LogP contribution is 2.29. The van der Waals surface area contributed by atoms with Gasteiger partial charge in [-0.15, -0.1) is 10.2 Å². The first-order valence-corrected chi connectivity index (χ1v) is 9.46. The van der Waals surface area contributed by atoms with Gasteiger partial charge in [-0.25, -0.2) is 0 Å². The Hall–Kier alpha value is -1.83. The average Bonchev–Trinajstić information content (AvgIpc) is 3.06. The van der Waals surface area contributed by atoms with Gasteiger partial charge in [-0.3, -0.25) is 4.79 Å². The van der Waals surface area contributed by atoms with Gasteiger partial charge in [0.05, 0.1) is 11.3 Å². The van der Waals surface area contributed by atoms with E-state index in [1.54, 1.807) is 12.1 Å². The number of hydrogen-bond acceptors (Lipinski definition) is 5. The molecule has 0 fully saturated rings. The molecular weight excluding hydrogens is 426 g/mol. The van der Waals surface area contributed by atoms with Crippen LogP contribution in [0.4, 0.5) is 5.69 Å². The molecule has 1 aromatic heterocycles. The summed E-state index contributed by atoms with van der Waals surface area (Å²) in [6.07, 6.45) is 0. The van der Waals surface area contributed by atoms with Crippen LogP contribution >= 0.6 is 39.3 Å². The maximum absolute atomic E-state index is 12.1. The van der Waals surface area contributed by atoms with Crippen LogP contribution in [-0.4, -0.2) is 21.9 Å². The van der Waals surface area contributed by atoms with Crippen LogP contribution in [0.15, 0.2) is 56.6 Å². The fourth-order valence-electron chi connectivity index (χ4n) is 2.07. The lowest BCUT2D eigenvalue weighted by Gasteiger charge is -2.08. The summed E-state index contributed by atoms with van der Waals surface area (Å²) in [5.74, 6) is 0.390. The molecular formula is C17H13BrClN3O2S. The highest BCUT2D eigenvalue weighted by molar-refractivity contribution is 9.10. The molecule has 2 aromatic carbocycles. The van der Waals surface area contributed by atoms with Crippen molar-refractivity contribution in [3.05, 3.63) is 57.5 Å². The smallest absolute Gasteiger partial charge is 0.277 e. The van der Waals surface area contributed by atoms with E-state index in [1.165, 1.54) is 11.8 Å². The highest BCUT2D eigenvalue weighted by atomic mass is 79.9. The van der Waals surface area contributed by atoms with Gasteiger partial charge in [-0.1, -0.05) is 41.6 Å². The van der Waals surface area contributed by atoms with Crippen molar-refractivity contribution in [2.45, 2.75) is 12.1 Å². The molecule has 0 aliphatic heterocycles. The largest absolute Gasteiger partial charge is 0.411 e. The van der Waals surface area contributed by atoms with Crippen LogP contribution in [0, 0.1) is 6.92 Å². The molecule has 0 aliphatic rings. The first-order chi connectivity index (χ1) is 12.0. The number of rotatable bonds is 5. The van der Waals surface area contributed by atoms with E-state index >= 15 is 0 Å². The molecule has 8 heteroatoms. The molecule has 5 nitrogen and oxygen atoms in total. The number of nitrogens with one attached hydrogen (secondary N) is 1. The zero-order valence-electron chi connectivity index (χ0n) is 13.1. The summed E-state index contributed by atoms with van der Waals surface area (Å²) in [4.78, 5) is 12.1. The van der Waals surface area contributed by atoms with Crippen molar-refractivity contribution in [1.82, 2.24) is 10.2 Å². The van der Waals surface area contributed by atoms with E-state index in [0.717, 1.165) is 15.6 Å². The number of carbonyl (C=O) groups excluding carboxylic acids is 1. The van der Waals surface area contributed by atoms with E-state index in [1.807, 2.05) is 37.3 Å². The van der Waals surface area contributed by atoms with Gasteiger partial charge in [0.25, 0.3) is 5.22 Å². The minimum absolute atomic E-state index is 0.156. The number of benzene rings is 2. The van der Waals surface area contributed by atoms with Gasteiger partial charge in [0.15, 0.2) is 0 Å². The maximum atomic E-state index is 12.1. The summed E-state index contributed by atoms with van der Waals surface area (Å²) in [5.41, 5.74) is 2.33. The van der Waals surface area contributed by atoms with Crippen LogP contribution in [0.2, 0.25) is 5.02 Å². The lowest BCUT2D eigenvalue weighted by Crippen LogP contribution is -2.14. The molecule has 0 bridgehead atoms. The van der Waals surface area contributed by atoms with E-state index in [0.29, 0.717) is 21.8 Å². The number of nitrogens with zero attached hydrogens (tertiary/aromatic N) is 2. The Balaban J connectivity index is 1.62. The first-order valence-electron chi connectivity index (χ1n) is 7.31. The van der Waals surface area contributed by atoms with Crippen molar-refractivity contribution < 1.29 is 9.21 Å². The van der Waals surface area contributed by atoms with Gasteiger partial charge in [0.1, 0.15) is 0 Å². The van der Waals surface area contributed by atoms with Crippen molar-refractivity contribution in [1.29, 1.82) is 0 Å². The quantitative estimate of drug-likeness (QED) is 0.555. The van der Waals surface area contributed by atoms with Crippen molar-refractivity contribution in [2.24, 2.45) is 0 Å². The second kappa shape index (κ2) is 8.03. The van der Waals surface area contributed by atoms with Crippen LogP contribution in [0.25, 0.3) is 11.5 Å². The number of amides is 1. The minimum Gasteiger partial charge on any atom is -0.411 e. The number of anilines is 1. The molecule has 1 N–H and O–H groups in total. The van der Waals surface area contributed by atoms with Gasteiger partial charge < -0.3 is 9.73 Å². The molecule has 3 rings (SSSR count). The van der Waals surface area contributed by atoms with Crippen LogP contribution < -0.4 is 5.32 Å². The summed E-state index contributed by atoms with van der Waals surface area (Å²) >= 11 is 10.7. The monoisotopic (exact) mass is 437 g/mol. The molecule has 3 aromatic rings. The first kappa shape index (κ1) is 18.0. The fraction of sp³-hybridized carbons (Fsp3) is 0.118. The zero-order chi connectivity index (χ0) is 17.8. The van der Waals surface area contributed by atoms with Crippen LogP contribution in [-0.2, 0) is 4.79 Å². The third-order valence-electron chi connectivity index (χ3n) is 3.38. The summed E-state index contributed by atoms with van der Waals surface area (Å²) in [7, 11) is 0. The molecule has 0 saturated heterocycles. The molecule has 25 heavy (non-hydrogen) atoms. The average molecular weight is 439 g/mol. The second-order valence-corrected chi connectivity index (χ2v) is 7.29. The molecule has 1 amide bonds. The van der Waals surface area contributed by atoms with Crippen molar-refractivity contribution in [3.8, 4) is 11.5 Å². The fourth-order valence-corrected chi connectivity index (χ4v) is 3.26. The van der Waals surface area contributed by atoms with Gasteiger partial charge in [0, 0.05) is 15.2 Å². The zero-order valence-corrected chi connectivity index (χ0v) is 16.3. The second-order valence-electron chi connectivity index (χ2n) is 5.10.